The first kappa shape index (κ1) is 25.5. The average Bonchev–Trinajstić information content (AvgIpc) is 2.74. The maximum absolute atomic E-state index is 12.7. The van der Waals surface area contributed by atoms with E-state index in [1.165, 1.54) is 0 Å². The maximum atomic E-state index is 12.7. The van der Waals surface area contributed by atoms with E-state index in [4.69, 9.17) is 21.1 Å². The number of rotatable bonds is 13. The van der Waals surface area contributed by atoms with E-state index in [-0.39, 0.29) is 12.8 Å². The predicted octanol–water partition coefficient (Wildman–Crippen LogP) is -2.42. The van der Waals surface area contributed by atoms with Crippen LogP contribution < -0.4 is 21.7 Å². The van der Waals surface area contributed by atoms with Crippen LogP contribution in [0.3, 0.4) is 0 Å². The third kappa shape index (κ3) is 9.23. The molecule has 0 spiro atoms. The van der Waals surface area contributed by atoms with Crippen molar-refractivity contribution in [3.63, 3.8) is 0 Å². The summed E-state index contributed by atoms with van der Waals surface area (Å²) >= 11 is 0. The summed E-state index contributed by atoms with van der Waals surface area (Å²) in [7, 11) is 0. The second-order valence-corrected chi connectivity index (χ2v) is 6.59. The van der Waals surface area contributed by atoms with Gasteiger partial charge in [-0.25, -0.2) is 4.79 Å². The minimum atomic E-state index is -1.58. The minimum Gasteiger partial charge on any atom is -0.481 e. The molecule has 0 saturated carbocycles. The molecule has 31 heavy (non-hydrogen) atoms. The van der Waals surface area contributed by atoms with Gasteiger partial charge in [0.2, 0.25) is 17.7 Å². The lowest BCUT2D eigenvalue weighted by atomic mass is 10.0. The van der Waals surface area contributed by atoms with Gasteiger partial charge in [0.15, 0.2) is 0 Å². The van der Waals surface area contributed by atoms with Gasteiger partial charge in [-0.1, -0.05) is 30.3 Å². The van der Waals surface area contributed by atoms with Gasteiger partial charge in [0.05, 0.1) is 13.2 Å². The Labute approximate surface area is 177 Å². The van der Waals surface area contributed by atoms with Gasteiger partial charge in [-0.15, -0.1) is 0 Å². The highest BCUT2D eigenvalue weighted by Gasteiger charge is 2.29. The number of aliphatic hydroxyl groups excluding tert-OH is 1. The molecule has 0 fully saturated rings. The third-order valence-corrected chi connectivity index (χ3v) is 4.20. The molecule has 0 heterocycles. The van der Waals surface area contributed by atoms with Crippen molar-refractivity contribution in [2.24, 2.45) is 5.73 Å². The van der Waals surface area contributed by atoms with Crippen molar-refractivity contribution in [1.29, 1.82) is 0 Å². The van der Waals surface area contributed by atoms with E-state index in [1.54, 1.807) is 30.3 Å². The quantitative estimate of drug-likeness (QED) is 0.175. The average molecular weight is 438 g/mol. The number of aliphatic hydroxyl groups is 1. The van der Waals surface area contributed by atoms with Crippen LogP contribution in [-0.2, 0) is 30.4 Å². The summed E-state index contributed by atoms with van der Waals surface area (Å²) < 4.78 is 0. The Kier molecular flexibility index (Phi) is 10.6. The van der Waals surface area contributed by atoms with E-state index in [9.17, 15) is 24.0 Å². The lowest BCUT2D eigenvalue weighted by Crippen LogP contribution is -2.57. The van der Waals surface area contributed by atoms with E-state index in [0.29, 0.717) is 5.56 Å². The zero-order valence-electron chi connectivity index (χ0n) is 16.6. The number of carbonyl (C=O) groups is 5. The van der Waals surface area contributed by atoms with Crippen molar-refractivity contribution in [2.45, 2.75) is 37.4 Å². The molecule has 3 unspecified atom stereocenters. The molecule has 0 aliphatic rings. The van der Waals surface area contributed by atoms with Gasteiger partial charge in [0, 0.05) is 12.8 Å². The zero-order chi connectivity index (χ0) is 23.4. The Balaban J connectivity index is 3.04. The molecule has 0 radical (unpaired) electrons. The summed E-state index contributed by atoms with van der Waals surface area (Å²) in [6, 6.07) is 4.41. The van der Waals surface area contributed by atoms with Crippen LogP contribution >= 0.6 is 0 Å². The van der Waals surface area contributed by atoms with E-state index in [0.717, 1.165) is 0 Å². The number of carbonyl (C=O) groups excluding carboxylic acids is 3. The summed E-state index contributed by atoms with van der Waals surface area (Å²) in [5.74, 6) is -5.06. The van der Waals surface area contributed by atoms with Gasteiger partial charge in [-0.05, 0) is 12.0 Å². The number of nitrogens with two attached hydrogens (primary N) is 1. The number of carboxylic acids is 2. The van der Waals surface area contributed by atoms with Gasteiger partial charge in [0.1, 0.15) is 18.1 Å². The van der Waals surface area contributed by atoms with E-state index in [1.807, 2.05) is 0 Å². The molecule has 3 amide bonds. The molecular weight excluding hydrogens is 412 g/mol. The fourth-order valence-electron chi connectivity index (χ4n) is 2.58. The number of amides is 3. The van der Waals surface area contributed by atoms with Crippen molar-refractivity contribution in [1.82, 2.24) is 16.0 Å². The zero-order valence-corrected chi connectivity index (χ0v) is 16.6. The Hall–Kier alpha value is -3.51. The van der Waals surface area contributed by atoms with Crippen LogP contribution in [0.5, 0.6) is 0 Å². The molecule has 12 heteroatoms. The highest BCUT2D eigenvalue weighted by atomic mass is 16.4. The number of benzene rings is 1. The molecular formula is C19H26N4O8. The second kappa shape index (κ2) is 12.9. The van der Waals surface area contributed by atoms with Gasteiger partial charge in [0.25, 0.3) is 0 Å². The second-order valence-electron chi connectivity index (χ2n) is 6.59. The summed E-state index contributed by atoms with van der Waals surface area (Å²) in [4.78, 5) is 58.9. The molecule has 1 aromatic rings. The number of aliphatic carboxylic acids is 2. The van der Waals surface area contributed by atoms with Crippen molar-refractivity contribution >= 4 is 29.7 Å². The Morgan fingerprint density at radius 3 is 1.97 bits per heavy atom. The first-order valence-electron chi connectivity index (χ1n) is 9.37. The van der Waals surface area contributed by atoms with Crippen molar-refractivity contribution in [3.05, 3.63) is 35.9 Å². The lowest BCUT2D eigenvalue weighted by Gasteiger charge is -2.24. The molecule has 8 N–H and O–H groups in total. The van der Waals surface area contributed by atoms with Crippen molar-refractivity contribution in [3.8, 4) is 0 Å². The highest BCUT2D eigenvalue weighted by molar-refractivity contribution is 5.94. The number of carboxylic acid groups (broad SMARTS) is 2. The SMILES string of the molecule is NCC(=O)NC(CCC(=O)O)C(=O)NC(Cc1ccccc1)C(=O)NC(CO)C(=O)O. The van der Waals surface area contributed by atoms with E-state index < -0.39 is 67.4 Å². The molecule has 0 aliphatic heterocycles. The highest BCUT2D eigenvalue weighted by Crippen LogP contribution is 2.06. The fraction of sp³-hybridized carbons (Fsp3) is 0.421. The van der Waals surface area contributed by atoms with Crippen LogP contribution in [0.1, 0.15) is 18.4 Å². The minimum absolute atomic E-state index is 0.0212. The summed E-state index contributed by atoms with van der Waals surface area (Å²) in [5, 5.41) is 33.9. The Morgan fingerprint density at radius 2 is 1.45 bits per heavy atom. The normalized spacial score (nSPS) is 13.4. The summed E-state index contributed by atoms with van der Waals surface area (Å²) in [6.07, 6.45) is -0.697. The smallest absolute Gasteiger partial charge is 0.328 e. The number of nitrogens with one attached hydrogen (secondary N) is 3. The molecule has 0 aliphatic carbocycles. The molecule has 12 nitrogen and oxygen atoms in total. The molecule has 1 rings (SSSR count). The monoisotopic (exact) mass is 438 g/mol. The standard InChI is InChI=1S/C19H26N4O8/c20-9-15(25)21-12(6-7-16(26)27)17(28)22-13(8-11-4-2-1-3-5-11)18(29)23-14(10-24)19(30)31/h1-5,12-14,24H,6-10,20H2,(H,21,25)(H,22,28)(H,23,29)(H,26,27)(H,30,31). The molecule has 1 aromatic carbocycles. The third-order valence-electron chi connectivity index (χ3n) is 4.20. The first-order chi connectivity index (χ1) is 14.7. The van der Waals surface area contributed by atoms with Crippen LogP contribution in [0.4, 0.5) is 0 Å². The van der Waals surface area contributed by atoms with Crippen molar-refractivity contribution < 1.29 is 39.3 Å². The van der Waals surface area contributed by atoms with E-state index in [2.05, 4.69) is 16.0 Å². The van der Waals surface area contributed by atoms with Gasteiger partial charge >= 0.3 is 11.9 Å². The van der Waals surface area contributed by atoms with Crippen LogP contribution in [0.2, 0.25) is 0 Å². The van der Waals surface area contributed by atoms with Crippen LogP contribution in [0.15, 0.2) is 30.3 Å². The number of hydrogen-bond donors (Lipinski definition) is 7. The maximum Gasteiger partial charge on any atom is 0.328 e. The number of hydrogen-bond acceptors (Lipinski definition) is 7. The van der Waals surface area contributed by atoms with Gasteiger partial charge < -0.3 is 37.0 Å². The lowest BCUT2D eigenvalue weighted by molar-refractivity contribution is -0.143. The first-order valence-corrected chi connectivity index (χ1v) is 9.37. The van der Waals surface area contributed by atoms with Crippen LogP contribution in [0, 0.1) is 0 Å². The Morgan fingerprint density at radius 1 is 0.871 bits per heavy atom. The van der Waals surface area contributed by atoms with Crippen molar-refractivity contribution in [2.75, 3.05) is 13.2 Å². The van der Waals surface area contributed by atoms with Crippen LogP contribution in [-0.4, -0.2) is 76.3 Å². The Bertz CT molecular complexity index is 786. The fourth-order valence-corrected chi connectivity index (χ4v) is 2.58. The molecule has 0 aromatic heterocycles. The summed E-state index contributed by atoms with van der Waals surface area (Å²) in [6.45, 7) is -1.29. The predicted molar refractivity (Wildman–Crippen MR) is 107 cm³/mol. The van der Waals surface area contributed by atoms with Crippen LogP contribution in [0.25, 0.3) is 0 Å². The van der Waals surface area contributed by atoms with E-state index >= 15 is 0 Å². The summed E-state index contributed by atoms with van der Waals surface area (Å²) in [5.41, 5.74) is 5.87. The molecule has 0 bridgehead atoms. The van der Waals surface area contributed by atoms with Gasteiger partial charge in [-0.2, -0.15) is 0 Å². The largest absolute Gasteiger partial charge is 0.481 e. The van der Waals surface area contributed by atoms with Gasteiger partial charge in [-0.3, -0.25) is 19.2 Å². The molecule has 0 saturated heterocycles. The molecule has 3 atom stereocenters. The topological polar surface area (TPSA) is 208 Å². The molecule has 170 valence electrons.